The van der Waals surface area contributed by atoms with Crippen molar-refractivity contribution in [2.75, 3.05) is 4.90 Å². The van der Waals surface area contributed by atoms with Gasteiger partial charge < -0.3 is 5.11 Å². The number of hydrogen-bond donors (Lipinski definition) is 1. The summed E-state index contributed by atoms with van der Waals surface area (Å²) in [6.07, 6.45) is 0.723. The van der Waals surface area contributed by atoms with Gasteiger partial charge in [-0.1, -0.05) is 32.0 Å². The summed E-state index contributed by atoms with van der Waals surface area (Å²) in [5, 5.41) is 9.06. The lowest BCUT2D eigenvalue weighted by molar-refractivity contribution is -0.139. The van der Waals surface area contributed by atoms with E-state index >= 15 is 0 Å². The summed E-state index contributed by atoms with van der Waals surface area (Å²) in [5.41, 5.74) is 2.96. The minimum atomic E-state index is -1.21. The molecular formula is C19H19BrFNO3. The highest BCUT2D eigenvalue weighted by Crippen LogP contribution is 2.35. The largest absolute Gasteiger partial charge is 0.481 e. The fourth-order valence-electron chi connectivity index (χ4n) is 2.73. The molecule has 0 radical (unpaired) electrons. The minimum absolute atomic E-state index is 0.213. The first-order chi connectivity index (χ1) is 11.9. The summed E-state index contributed by atoms with van der Waals surface area (Å²) in [6, 6.07) is 9.96. The first-order valence-electron chi connectivity index (χ1n) is 7.99. The van der Waals surface area contributed by atoms with E-state index in [0.29, 0.717) is 24.2 Å². The van der Waals surface area contributed by atoms with Crippen LogP contribution in [0.4, 0.5) is 15.8 Å². The fourth-order valence-corrected chi connectivity index (χ4v) is 3.10. The number of halogens is 2. The molecule has 0 aromatic heterocycles. The SMILES string of the molecule is CCc1cccc(CC)c1N(C(=O)CC(=O)O)c1ccc(F)c(Br)c1. The fraction of sp³-hybridized carbons (Fsp3) is 0.263. The highest BCUT2D eigenvalue weighted by atomic mass is 79.9. The molecule has 0 atom stereocenters. The zero-order valence-corrected chi connectivity index (χ0v) is 15.6. The lowest BCUT2D eigenvalue weighted by atomic mass is 10.0. The molecule has 1 amide bonds. The molecule has 2 rings (SSSR count). The standard InChI is InChI=1S/C19H19BrFNO3/c1-3-12-6-5-7-13(4-2)19(12)22(17(23)11-18(24)25)14-8-9-16(21)15(20)10-14/h5-10H,3-4,11H2,1-2H3,(H,24,25). The molecule has 1 N–H and O–H groups in total. The third-order valence-corrected chi connectivity index (χ3v) is 4.51. The molecule has 0 saturated carbocycles. The van der Waals surface area contributed by atoms with Crippen molar-refractivity contribution in [3.05, 3.63) is 57.8 Å². The predicted octanol–water partition coefficient (Wildman–Crippen LogP) is 4.85. The van der Waals surface area contributed by atoms with Crippen LogP contribution in [0, 0.1) is 5.82 Å². The van der Waals surface area contributed by atoms with Gasteiger partial charge in [0, 0.05) is 0 Å². The van der Waals surface area contributed by atoms with Crippen LogP contribution in [-0.2, 0) is 22.4 Å². The molecule has 0 unspecified atom stereocenters. The Morgan fingerprint density at radius 3 is 2.20 bits per heavy atom. The van der Waals surface area contributed by atoms with Gasteiger partial charge in [-0.15, -0.1) is 0 Å². The maximum Gasteiger partial charge on any atom is 0.312 e. The number of carboxylic acid groups (broad SMARTS) is 1. The second-order valence-electron chi connectivity index (χ2n) is 5.53. The van der Waals surface area contributed by atoms with E-state index in [1.54, 1.807) is 0 Å². The van der Waals surface area contributed by atoms with Crippen LogP contribution in [0.2, 0.25) is 0 Å². The predicted molar refractivity (Wildman–Crippen MR) is 98.7 cm³/mol. The van der Waals surface area contributed by atoms with Crippen molar-refractivity contribution in [2.45, 2.75) is 33.1 Å². The quantitative estimate of drug-likeness (QED) is 0.696. The Balaban J connectivity index is 2.69. The van der Waals surface area contributed by atoms with Crippen LogP contribution >= 0.6 is 15.9 Å². The van der Waals surface area contributed by atoms with E-state index in [9.17, 15) is 14.0 Å². The number of para-hydroxylation sites is 1. The molecule has 2 aromatic rings. The second-order valence-corrected chi connectivity index (χ2v) is 6.38. The first kappa shape index (κ1) is 19.1. The van der Waals surface area contributed by atoms with Crippen LogP contribution in [0.1, 0.15) is 31.4 Å². The number of anilines is 2. The number of carboxylic acids is 1. The molecule has 132 valence electrons. The van der Waals surface area contributed by atoms with E-state index in [-0.39, 0.29) is 4.47 Å². The molecule has 0 heterocycles. The molecule has 4 nitrogen and oxygen atoms in total. The normalized spacial score (nSPS) is 10.6. The van der Waals surface area contributed by atoms with Gasteiger partial charge in [0.2, 0.25) is 5.91 Å². The lowest BCUT2D eigenvalue weighted by Crippen LogP contribution is -2.29. The summed E-state index contributed by atoms with van der Waals surface area (Å²) in [5.74, 6) is -2.22. The van der Waals surface area contributed by atoms with Gasteiger partial charge in [-0.2, -0.15) is 0 Å². The maximum atomic E-state index is 13.6. The van der Waals surface area contributed by atoms with Crippen molar-refractivity contribution in [3.63, 3.8) is 0 Å². The summed E-state index contributed by atoms with van der Waals surface area (Å²) < 4.78 is 13.8. The van der Waals surface area contributed by atoms with E-state index in [1.165, 1.54) is 23.1 Å². The van der Waals surface area contributed by atoms with E-state index in [4.69, 9.17) is 5.11 Å². The van der Waals surface area contributed by atoms with E-state index in [0.717, 1.165) is 11.1 Å². The number of benzene rings is 2. The average Bonchev–Trinajstić information content (AvgIpc) is 2.57. The Kier molecular flexibility index (Phi) is 6.31. The van der Waals surface area contributed by atoms with Crippen molar-refractivity contribution < 1.29 is 19.1 Å². The molecule has 2 aromatic carbocycles. The van der Waals surface area contributed by atoms with Gasteiger partial charge in [-0.3, -0.25) is 14.5 Å². The zero-order valence-electron chi connectivity index (χ0n) is 14.1. The summed E-state index contributed by atoms with van der Waals surface area (Å²) in [7, 11) is 0. The Morgan fingerprint density at radius 2 is 1.72 bits per heavy atom. The van der Waals surface area contributed by atoms with Crippen molar-refractivity contribution in [1.29, 1.82) is 0 Å². The van der Waals surface area contributed by atoms with Gasteiger partial charge in [0.1, 0.15) is 12.2 Å². The molecular weight excluding hydrogens is 389 g/mol. The second kappa shape index (κ2) is 8.25. The topological polar surface area (TPSA) is 57.6 Å². The highest BCUT2D eigenvalue weighted by molar-refractivity contribution is 9.10. The molecule has 0 aliphatic rings. The minimum Gasteiger partial charge on any atom is -0.481 e. The Morgan fingerprint density at radius 1 is 1.12 bits per heavy atom. The van der Waals surface area contributed by atoms with E-state index in [1.807, 2.05) is 32.0 Å². The van der Waals surface area contributed by atoms with Crippen LogP contribution in [0.5, 0.6) is 0 Å². The zero-order chi connectivity index (χ0) is 18.6. The monoisotopic (exact) mass is 407 g/mol. The van der Waals surface area contributed by atoms with Gasteiger partial charge in [-0.25, -0.2) is 4.39 Å². The third-order valence-electron chi connectivity index (χ3n) is 3.90. The van der Waals surface area contributed by atoms with Crippen LogP contribution in [0.15, 0.2) is 40.9 Å². The smallest absolute Gasteiger partial charge is 0.312 e. The van der Waals surface area contributed by atoms with E-state index < -0.39 is 24.1 Å². The van der Waals surface area contributed by atoms with Crippen molar-refractivity contribution in [1.82, 2.24) is 0 Å². The lowest BCUT2D eigenvalue weighted by Gasteiger charge is -2.27. The number of amides is 1. The van der Waals surface area contributed by atoms with E-state index in [2.05, 4.69) is 15.9 Å². The van der Waals surface area contributed by atoms with Gasteiger partial charge in [-0.05, 0) is 58.1 Å². The van der Waals surface area contributed by atoms with Crippen LogP contribution < -0.4 is 4.90 Å². The summed E-state index contributed by atoms with van der Waals surface area (Å²) in [4.78, 5) is 25.2. The number of carbonyl (C=O) groups excluding carboxylic acids is 1. The first-order valence-corrected chi connectivity index (χ1v) is 8.78. The molecule has 6 heteroatoms. The van der Waals surface area contributed by atoms with Gasteiger partial charge >= 0.3 is 5.97 Å². The number of aliphatic carboxylic acids is 1. The highest BCUT2D eigenvalue weighted by Gasteiger charge is 2.25. The number of hydrogen-bond acceptors (Lipinski definition) is 2. The summed E-state index contributed by atoms with van der Waals surface area (Å²) >= 11 is 3.13. The average molecular weight is 408 g/mol. The van der Waals surface area contributed by atoms with Gasteiger partial charge in [0.25, 0.3) is 0 Å². The molecule has 0 aliphatic carbocycles. The van der Waals surface area contributed by atoms with Gasteiger partial charge in [0.15, 0.2) is 0 Å². The molecule has 0 bridgehead atoms. The molecule has 0 spiro atoms. The molecule has 0 fully saturated rings. The number of rotatable bonds is 6. The van der Waals surface area contributed by atoms with Crippen molar-refractivity contribution in [2.24, 2.45) is 0 Å². The van der Waals surface area contributed by atoms with Crippen molar-refractivity contribution >= 4 is 39.2 Å². The number of carbonyl (C=O) groups is 2. The summed E-state index contributed by atoms with van der Waals surface area (Å²) in [6.45, 7) is 3.94. The molecule has 0 aliphatic heterocycles. The van der Waals surface area contributed by atoms with Crippen LogP contribution in [-0.4, -0.2) is 17.0 Å². The Labute approximate surface area is 154 Å². The maximum absolute atomic E-state index is 13.6. The van der Waals surface area contributed by atoms with Crippen LogP contribution in [0.3, 0.4) is 0 Å². The van der Waals surface area contributed by atoms with Crippen LogP contribution in [0.25, 0.3) is 0 Å². The molecule has 0 saturated heterocycles. The Bertz CT molecular complexity index is 785. The molecule has 25 heavy (non-hydrogen) atoms. The number of aryl methyl sites for hydroxylation is 2. The van der Waals surface area contributed by atoms with Gasteiger partial charge in [0.05, 0.1) is 15.8 Å². The van der Waals surface area contributed by atoms with Crippen molar-refractivity contribution in [3.8, 4) is 0 Å². The Hall–Kier alpha value is -2.21. The third kappa shape index (κ3) is 4.25. The number of nitrogens with zero attached hydrogens (tertiary/aromatic N) is 1.